The lowest BCUT2D eigenvalue weighted by Crippen LogP contribution is -2.15. The molecular formula is C29H28ClFN4O4S. The average molecular weight is 583 g/mol. The number of hydrogen-bond donors (Lipinski definition) is 2. The molecule has 0 spiro atoms. The number of aliphatic imine (C=N–C) groups is 2. The molecule has 1 heterocycles. The van der Waals surface area contributed by atoms with Crippen LogP contribution in [0.5, 0.6) is 5.75 Å². The lowest BCUT2D eigenvalue weighted by molar-refractivity contribution is 0.306. The molecule has 0 amide bonds. The minimum Gasteiger partial charge on any atom is -0.487 e. The van der Waals surface area contributed by atoms with Crippen LogP contribution in [0.2, 0.25) is 5.02 Å². The Morgan fingerprint density at radius 2 is 1.95 bits per heavy atom. The summed E-state index contributed by atoms with van der Waals surface area (Å²) in [5, 5.41) is 3.46. The van der Waals surface area contributed by atoms with Gasteiger partial charge in [-0.3, -0.25) is 4.99 Å². The van der Waals surface area contributed by atoms with E-state index in [1.165, 1.54) is 24.6 Å². The Kier molecular flexibility index (Phi) is 9.23. The number of rotatable bonds is 11. The molecule has 0 fully saturated rings. The molecule has 1 aromatic heterocycles. The van der Waals surface area contributed by atoms with Crippen LogP contribution < -0.4 is 15.8 Å². The third kappa shape index (κ3) is 7.93. The number of nitrogens with two attached hydrogens (primary N) is 1. The van der Waals surface area contributed by atoms with Crippen molar-refractivity contribution in [3.8, 4) is 17.1 Å². The summed E-state index contributed by atoms with van der Waals surface area (Å²) < 4.78 is 47.5. The number of furan rings is 1. The number of ether oxygens (including phenoxy) is 1. The van der Waals surface area contributed by atoms with Crippen LogP contribution in [0.15, 0.2) is 87.2 Å². The molecule has 3 N–H and O–H groups in total. The number of sulfone groups is 1. The van der Waals surface area contributed by atoms with E-state index >= 15 is 0 Å². The van der Waals surface area contributed by atoms with E-state index in [0.29, 0.717) is 39.1 Å². The normalized spacial score (nSPS) is 12.2. The van der Waals surface area contributed by atoms with E-state index in [1.54, 1.807) is 49.5 Å². The first-order valence-corrected chi connectivity index (χ1v) is 14.7. The third-order valence-electron chi connectivity index (χ3n) is 5.73. The highest BCUT2D eigenvalue weighted by atomic mass is 35.5. The average Bonchev–Trinajstić information content (AvgIpc) is 3.39. The van der Waals surface area contributed by atoms with Crippen LogP contribution in [0, 0.1) is 5.82 Å². The Labute approximate surface area is 237 Å². The number of amidine groups is 1. The van der Waals surface area contributed by atoms with Crippen LogP contribution in [0.1, 0.15) is 16.9 Å². The second kappa shape index (κ2) is 12.8. The Hall–Kier alpha value is -4.15. The van der Waals surface area contributed by atoms with Crippen LogP contribution in [0.3, 0.4) is 0 Å². The maximum atomic E-state index is 13.4. The van der Waals surface area contributed by atoms with Gasteiger partial charge in [0.2, 0.25) is 0 Å². The lowest BCUT2D eigenvalue weighted by Gasteiger charge is -2.11. The van der Waals surface area contributed by atoms with Crippen LogP contribution >= 0.6 is 11.6 Å². The van der Waals surface area contributed by atoms with Crippen molar-refractivity contribution in [2.45, 2.75) is 6.61 Å². The number of halogens is 2. The zero-order valence-corrected chi connectivity index (χ0v) is 23.5. The summed E-state index contributed by atoms with van der Waals surface area (Å²) in [4.78, 5) is 8.66. The fourth-order valence-corrected chi connectivity index (χ4v) is 4.41. The molecule has 0 radical (unpaired) electrons. The number of nitrogens with zero attached hydrogens (tertiary/aromatic N) is 2. The predicted molar refractivity (Wildman–Crippen MR) is 158 cm³/mol. The van der Waals surface area contributed by atoms with Crippen molar-refractivity contribution < 1.29 is 22.0 Å². The van der Waals surface area contributed by atoms with Crippen molar-refractivity contribution in [3.63, 3.8) is 0 Å². The highest BCUT2D eigenvalue weighted by Crippen LogP contribution is 2.31. The van der Waals surface area contributed by atoms with Crippen molar-refractivity contribution in [1.29, 1.82) is 0 Å². The minimum atomic E-state index is -3.08. The molecule has 0 bridgehead atoms. The molecule has 4 rings (SSSR count). The molecule has 40 heavy (non-hydrogen) atoms. The van der Waals surface area contributed by atoms with E-state index in [-0.39, 0.29) is 30.6 Å². The van der Waals surface area contributed by atoms with Crippen molar-refractivity contribution in [1.82, 2.24) is 0 Å². The minimum absolute atomic E-state index is 0.0274. The van der Waals surface area contributed by atoms with E-state index in [9.17, 15) is 12.8 Å². The Bertz CT molecular complexity index is 1670. The first kappa shape index (κ1) is 28.8. The Balaban J connectivity index is 1.50. The zero-order chi connectivity index (χ0) is 28.7. The van der Waals surface area contributed by atoms with Gasteiger partial charge in [0.05, 0.1) is 29.2 Å². The van der Waals surface area contributed by atoms with Crippen LogP contribution in [-0.4, -0.2) is 46.1 Å². The zero-order valence-electron chi connectivity index (χ0n) is 21.9. The van der Waals surface area contributed by atoms with Gasteiger partial charge in [0, 0.05) is 30.1 Å². The molecule has 4 aromatic rings. The Morgan fingerprint density at radius 3 is 2.67 bits per heavy atom. The van der Waals surface area contributed by atoms with Gasteiger partial charge < -0.3 is 20.2 Å². The summed E-state index contributed by atoms with van der Waals surface area (Å²) in [5.41, 5.74) is 9.80. The van der Waals surface area contributed by atoms with Crippen LogP contribution in [-0.2, 0) is 16.4 Å². The molecule has 0 saturated heterocycles. The van der Waals surface area contributed by atoms with Crippen molar-refractivity contribution >= 4 is 44.9 Å². The Morgan fingerprint density at radius 1 is 1.12 bits per heavy atom. The summed E-state index contributed by atoms with van der Waals surface area (Å²) in [6.07, 6.45) is 2.67. The SMILES string of the molecule is CNc1ccc(-c2ccc(C=NCCS(C)(=O)=O)o2)cc1C(N)=Nc1ccc(OCc2cccc(F)c2)c(Cl)c1. The fourth-order valence-electron chi connectivity index (χ4n) is 3.74. The first-order valence-electron chi connectivity index (χ1n) is 12.2. The van der Waals surface area contributed by atoms with Crippen LogP contribution in [0.4, 0.5) is 15.8 Å². The third-order valence-corrected chi connectivity index (χ3v) is 6.95. The molecule has 11 heteroatoms. The summed E-state index contributed by atoms with van der Waals surface area (Å²) >= 11 is 6.42. The largest absolute Gasteiger partial charge is 0.487 e. The van der Waals surface area contributed by atoms with E-state index in [2.05, 4.69) is 15.3 Å². The molecule has 0 unspecified atom stereocenters. The molecule has 3 aromatic carbocycles. The second-order valence-corrected chi connectivity index (χ2v) is 11.6. The lowest BCUT2D eigenvalue weighted by atomic mass is 10.1. The predicted octanol–water partition coefficient (Wildman–Crippen LogP) is 5.86. The molecule has 0 aliphatic carbocycles. The second-order valence-electron chi connectivity index (χ2n) is 8.91. The number of anilines is 1. The van der Waals surface area contributed by atoms with Gasteiger partial charge in [-0.2, -0.15) is 0 Å². The first-order chi connectivity index (χ1) is 19.1. The van der Waals surface area contributed by atoms with E-state index in [0.717, 1.165) is 11.3 Å². The standard InChI is InChI=1S/C29H28ClFN4O4S/c1-33-26-9-6-20(27-11-8-23(39-27)17-34-12-13-40(2,36)37)15-24(26)29(32)35-22-7-10-28(25(30)16-22)38-18-19-4-3-5-21(31)14-19/h3-11,14-17,33H,12-13,18H2,1-2H3,(H2,32,35). The molecule has 208 valence electrons. The van der Waals surface area contributed by atoms with E-state index in [4.69, 9.17) is 26.5 Å². The van der Waals surface area contributed by atoms with Crippen molar-refractivity contribution in [3.05, 3.63) is 101 Å². The van der Waals surface area contributed by atoms with Gasteiger partial charge in [-0.1, -0.05) is 23.7 Å². The highest BCUT2D eigenvalue weighted by molar-refractivity contribution is 7.90. The van der Waals surface area contributed by atoms with E-state index < -0.39 is 9.84 Å². The smallest absolute Gasteiger partial charge is 0.149 e. The van der Waals surface area contributed by atoms with E-state index in [1.807, 2.05) is 18.2 Å². The molecule has 0 aliphatic rings. The number of hydrogen-bond acceptors (Lipinski definition) is 7. The highest BCUT2D eigenvalue weighted by Gasteiger charge is 2.12. The van der Waals surface area contributed by atoms with Gasteiger partial charge in [0.15, 0.2) is 0 Å². The summed E-state index contributed by atoms with van der Waals surface area (Å²) in [7, 11) is -1.29. The van der Waals surface area contributed by atoms with Gasteiger partial charge in [-0.15, -0.1) is 0 Å². The summed E-state index contributed by atoms with van der Waals surface area (Å²) in [6.45, 7) is 0.328. The van der Waals surface area contributed by atoms with Gasteiger partial charge in [-0.05, 0) is 66.2 Å². The van der Waals surface area contributed by atoms with Crippen molar-refractivity contribution in [2.24, 2.45) is 15.7 Å². The van der Waals surface area contributed by atoms with Gasteiger partial charge in [-0.25, -0.2) is 17.8 Å². The molecular weight excluding hydrogens is 555 g/mol. The topological polar surface area (TPSA) is 119 Å². The van der Waals surface area contributed by atoms with Crippen LogP contribution in [0.25, 0.3) is 11.3 Å². The fraction of sp³-hybridized carbons (Fsp3) is 0.172. The monoisotopic (exact) mass is 582 g/mol. The quantitative estimate of drug-likeness (QED) is 0.169. The molecule has 0 atom stereocenters. The van der Waals surface area contributed by atoms with Crippen molar-refractivity contribution in [2.75, 3.05) is 30.9 Å². The molecule has 8 nitrogen and oxygen atoms in total. The molecule has 0 saturated carbocycles. The van der Waals surface area contributed by atoms with Gasteiger partial charge >= 0.3 is 0 Å². The number of benzene rings is 3. The summed E-state index contributed by atoms with van der Waals surface area (Å²) in [6, 6.07) is 20.4. The maximum absolute atomic E-state index is 13.4. The number of nitrogens with one attached hydrogen (secondary N) is 1. The van der Waals surface area contributed by atoms with Gasteiger partial charge in [0.25, 0.3) is 0 Å². The van der Waals surface area contributed by atoms with Gasteiger partial charge in [0.1, 0.15) is 45.4 Å². The maximum Gasteiger partial charge on any atom is 0.149 e. The summed E-state index contributed by atoms with van der Waals surface area (Å²) in [5.74, 6) is 1.42. The molecule has 0 aliphatic heterocycles.